The number of aryl methyl sites for hydroxylation is 10. The van der Waals surface area contributed by atoms with Crippen molar-refractivity contribution in [2.45, 2.75) is 81.8 Å². The largest absolute Gasteiger partial charge is 0.573 e. The van der Waals surface area contributed by atoms with Crippen molar-refractivity contribution in [1.29, 1.82) is 0 Å². The van der Waals surface area contributed by atoms with E-state index in [-0.39, 0.29) is 17.4 Å². The summed E-state index contributed by atoms with van der Waals surface area (Å²) >= 11 is 0. The van der Waals surface area contributed by atoms with Crippen LogP contribution in [0.3, 0.4) is 0 Å². The Balaban J connectivity index is 0.000000171. The lowest BCUT2D eigenvalue weighted by Crippen LogP contribution is -2.17. The maximum Gasteiger partial charge on any atom is 0.573 e. The van der Waals surface area contributed by atoms with Gasteiger partial charge in [-0.15, -0.1) is 13.2 Å². The number of nitrogens with zero attached hydrogens (tertiary/aromatic N) is 2. The number of amides is 1. The molecular weight excluding hydrogens is 1720 g/mol. The molecule has 1 aliphatic heterocycles. The third-order valence-electron chi connectivity index (χ3n) is 19.4. The van der Waals surface area contributed by atoms with Crippen molar-refractivity contribution in [3.05, 3.63) is 500 Å². The van der Waals surface area contributed by atoms with Gasteiger partial charge in [-0.05, 0) is 259 Å². The van der Waals surface area contributed by atoms with Crippen LogP contribution in [0.1, 0.15) is 117 Å². The number of furan rings is 1. The van der Waals surface area contributed by atoms with Gasteiger partial charge >= 0.3 is 12.5 Å². The first-order chi connectivity index (χ1) is 66.0. The first-order valence-corrected chi connectivity index (χ1v) is 43.7. The molecule has 0 saturated heterocycles. The second-order valence-electron chi connectivity index (χ2n) is 31.0. The van der Waals surface area contributed by atoms with E-state index >= 15 is 0 Å². The molecule has 18 rings (SSSR count). The number of alkyl halides is 6. The molecule has 688 valence electrons. The second-order valence-corrected chi connectivity index (χ2v) is 31.0. The molecule has 3 aromatic heterocycles. The molecule has 0 fully saturated rings. The number of para-hydroxylation sites is 4. The van der Waals surface area contributed by atoms with E-state index in [0.717, 1.165) is 79.2 Å². The van der Waals surface area contributed by atoms with Crippen molar-refractivity contribution >= 4 is 63.5 Å². The van der Waals surface area contributed by atoms with E-state index in [2.05, 4.69) is 241 Å². The number of carbonyl (C=O) groups is 1. The Morgan fingerprint density at radius 2 is 0.810 bits per heavy atom. The van der Waals surface area contributed by atoms with Gasteiger partial charge in [-0.3, -0.25) is 14.8 Å². The van der Waals surface area contributed by atoms with Crippen molar-refractivity contribution in [3.63, 3.8) is 0 Å². The van der Waals surface area contributed by atoms with E-state index in [9.17, 15) is 31.1 Å². The maximum atomic E-state index is 11.9. The fourth-order valence-corrected chi connectivity index (χ4v) is 12.0. The van der Waals surface area contributed by atoms with Crippen molar-refractivity contribution in [1.82, 2.24) is 9.97 Å². The van der Waals surface area contributed by atoms with Crippen molar-refractivity contribution in [2.75, 3.05) is 25.0 Å². The quantitative estimate of drug-likeness (QED) is 0.0661. The summed E-state index contributed by atoms with van der Waals surface area (Å²) in [5.74, 6) is 25.7. The normalized spacial score (nSPS) is 10.4. The van der Waals surface area contributed by atoms with Gasteiger partial charge in [-0.2, -0.15) is 13.2 Å². The van der Waals surface area contributed by atoms with E-state index in [4.69, 9.17) is 24.4 Å². The van der Waals surface area contributed by atoms with Crippen LogP contribution in [-0.4, -0.2) is 36.1 Å². The molecule has 1 aliphatic rings. The number of pyridine rings is 2. The Bertz CT molecular complexity index is 6800. The molecule has 0 radical (unpaired) electrons. The van der Waals surface area contributed by atoms with Crippen molar-refractivity contribution < 1.29 is 54.5 Å². The van der Waals surface area contributed by atoms with Crippen LogP contribution in [0, 0.1) is 117 Å². The standard InChI is InChI=1S/C17H13N.C17H12.2C15H14.C14H13NO.C10H9N.C9H9F3O2.C9H8O.C8H8O2.C7H6F3N/c1-14-10-12-15(13-11-14)6-2-3-7-16-8-4-5-9-17(16)18;1-15-11-13-17(14-12-15)10-6-5-9-16-7-3-2-4-8-16;2*1-13-7-9-15(10-8-13)12-11-14-5-3-2-4-6-14;1-11-7-9-12(10-8-11)14(16)15-13-5-3-2-4-6-13;1-8-6-7-9-4-2-3-5-10(9)11-8;1-6-3-4-7(13-2)8(5-6)14-9(10,11)12;1-7-6-8-4-2-3-5-9(8)10-7;1-6-2-3-7-8(4-6)10-5-9-7;1-5-2-3-6(11-4-5)7(8,9)10/h4-5,8-13H,18H2,1H3;2-4,7-8,11-14H,1H3;2*2-12H,1H3;2-10H,1H3,(H,15,16);2-7H,1H3;3-5H,1-2H3;2-6H,1H3;2-4H,5H2,1H3;2-4H,1H3/b;;12-11+;;;;;;;. The summed E-state index contributed by atoms with van der Waals surface area (Å²) < 4.78 is 95.5. The molecule has 17 aromatic rings. The summed E-state index contributed by atoms with van der Waals surface area (Å²) in [6.07, 6.45) is 0.705. The summed E-state index contributed by atoms with van der Waals surface area (Å²) in [7, 11) is 1.29. The van der Waals surface area contributed by atoms with E-state index < -0.39 is 18.2 Å². The number of halogens is 6. The minimum Gasteiger partial charge on any atom is -0.493 e. The molecular formula is C121H106F6N4O6. The summed E-state index contributed by atoms with van der Waals surface area (Å²) in [5.41, 5.74) is 27.8. The number of anilines is 2. The number of fused-ring (bicyclic) bond motifs is 3. The van der Waals surface area contributed by atoms with Crippen molar-refractivity contribution in [3.8, 4) is 70.4 Å². The average Bonchev–Trinajstić information content (AvgIpc) is 1.03. The summed E-state index contributed by atoms with van der Waals surface area (Å²) in [6.45, 7) is 20.0. The Labute approximate surface area is 800 Å². The van der Waals surface area contributed by atoms with Crippen molar-refractivity contribution in [2.24, 2.45) is 0 Å². The number of nitrogen functional groups attached to an aromatic ring is 1. The minimum atomic E-state index is -4.69. The topological polar surface area (TPSA) is 131 Å². The van der Waals surface area contributed by atoms with Crippen LogP contribution in [0.5, 0.6) is 23.0 Å². The van der Waals surface area contributed by atoms with Crippen LogP contribution in [-0.2, 0) is 6.18 Å². The van der Waals surface area contributed by atoms with Gasteiger partial charge in [0.1, 0.15) is 17.0 Å². The predicted octanol–water partition coefficient (Wildman–Crippen LogP) is 30.3. The number of benzene rings is 14. The molecule has 16 heteroatoms. The Morgan fingerprint density at radius 1 is 0.387 bits per heavy atom. The molecule has 0 bridgehead atoms. The number of rotatable bonds is 8. The Hall–Kier alpha value is -17.1. The van der Waals surface area contributed by atoms with E-state index in [1.165, 1.54) is 92.3 Å². The average molecular weight is 1830 g/mol. The van der Waals surface area contributed by atoms with Gasteiger partial charge < -0.3 is 34.4 Å². The summed E-state index contributed by atoms with van der Waals surface area (Å²) in [5, 5.41) is 5.23. The number of aromatic nitrogens is 2. The molecule has 0 atom stereocenters. The fourth-order valence-electron chi connectivity index (χ4n) is 12.0. The van der Waals surface area contributed by atoms with E-state index in [1.54, 1.807) is 19.9 Å². The number of carbonyl (C=O) groups excluding carboxylic acids is 1. The number of nitrogens with one attached hydrogen (secondary N) is 1. The van der Waals surface area contributed by atoms with Crippen LogP contribution in [0.4, 0.5) is 37.7 Å². The molecule has 0 spiro atoms. The lowest BCUT2D eigenvalue weighted by Gasteiger charge is -2.12. The highest BCUT2D eigenvalue weighted by Gasteiger charge is 2.33. The Morgan fingerprint density at radius 3 is 1.31 bits per heavy atom. The molecule has 0 saturated carbocycles. The van der Waals surface area contributed by atoms with Crippen LogP contribution < -0.4 is 30.0 Å². The van der Waals surface area contributed by atoms with Gasteiger partial charge in [-0.25, -0.2) is 0 Å². The highest BCUT2D eigenvalue weighted by molar-refractivity contribution is 6.04. The molecule has 14 aromatic carbocycles. The fraction of sp³-hybridized carbons (Fsp3) is 0.116. The predicted molar refractivity (Wildman–Crippen MR) is 549 cm³/mol. The van der Waals surface area contributed by atoms with Crippen LogP contribution in [0.2, 0.25) is 0 Å². The zero-order valence-corrected chi connectivity index (χ0v) is 78.2. The molecule has 10 nitrogen and oxygen atoms in total. The smallest absolute Gasteiger partial charge is 0.493 e. The number of hydrogen-bond acceptors (Lipinski definition) is 9. The maximum absolute atomic E-state index is 11.9. The van der Waals surface area contributed by atoms with Gasteiger partial charge in [0.15, 0.2) is 23.0 Å². The molecule has 1 amide bonds. The van der Waals surface area contributed by atoms with E-state index in [1.807, 2.05) is 258 Å². The molecule has 4 heterocycles. The first kappa shape index (κ1) is 104. The molecule has 137 heavy (non-hydrogen) atoms. The number of nitrogens with two attached hydrogens (primary N) is 1. The highest BCUT2D eigenvalue weighted by atomic mass is 19.4. The summed E-state index contributed by atoms with van der Waals surface area (Å²) in [4.78, 5) is 19.4. The molecule has 0 unspecified atom stereocenters. The zero-order valence-electron chi connectivity index (χ0n) is 78.2. The molecule has 3 N–H and O–H groups in total. The first-order valence-electron chi connectivity index (χ1n) is 43.7. The summed E-state index contributed by atoms with van der Waals surface area (Å²) in [6, 6.07) is 123. The van der Waals surface area contributed by atoms with Gasteiger partial charge in [0.05, 0.1) is 12.6 Å². The second kappa shape index (κ2) is 55.3. The minimum absolute atomic E-state index is 0.0629. The van der Waals surface area contributed by atoms with Gasteiger partial charge in [0.2, 0.25) is 6.79 Å². The zero-order chi connectivity index (χ0) is 98.0. The third kappa shape index (κ3) is 39.9. The van der Waals surface area contributed by atoms with Crippen LogP contribution in [0.25, 0.3) is 46.2 Å². The SMILES string of the molecule is COc1ccc(C)cc1OC(F)(F)F.Cc1cc2ccccc2o1.Cc1ccc(/C=C/c2ccccc2)cc1.Cc1ccc(C#CC#Cc2ccccc2)cc1.Cc1ccc(C#CC#Cc2ccccc2N)cc1.Cc1ccc(C(=O)Nc2ccccc2)cc1.Cc1ccc(C(F)(F)F)nc1.Cc1ccc(C=Cc2ccccc2)cc1.Cc1ccc2c(c1)OCO2.Cc1ccc2ccccc2n1. The highest BCUT2D eigenvalue weighted by Crippen LogP contribution is 2.34. The molecule has 0 aliphatic carbocycles. The van der Waals surface area contributed by atoms with Gasteiger partial charge in [-0.1, -0.05) is 331 Å². The lowest BCUT2D eigenvalue weighted by atomic mass is 10.1. The van der Waals surface area contributed by atoms with E-state index in [0.29, 0.717) is 23.6 Å². The Kier molecular flexibility index (Phi) is 41.9. The van der Waals surface area contributed by atoms with Gasteiger partial charge in [0, 0.05) is 61.9 Å². The number of hydrogen-bond donors (Lipinski definition) is 2. The van der Waals surface area contributed by atoms with Gasteiger partial charge in [0.25, 0.3) is 5.91 Å². The van der Waals surface area contributed by atoms with Crippen LogP contribution >= 0.6 is 0 Å². The monoisotopic (exact) mass is 1820 g/mol. The lowest BCUT2D eigenvalue weighted by molar-refractivity contribution is -0.275. The third-order valence-corrected chi connectivity index (χ3v) is 19.4. The number of ether oxygens (including phenoxy) is 4. The van der Waals surface area contributed by atoms with Crippen LogP contribution in [0.15, 0.2) is 393 Å². The number of methoxy groups -OCH3 is 1.